The summed E-state index contributed by atoms with van der Waals surface area (Å²) in [6.07, 6.45) is 1.80. The maximum absolute atomic E-state index is 5.45. The molecule has 3 aromatic carbocycles. The van der Waals surface area contributed by atoms with Gasteiger partial charge in [-0.25, -0.2) is 4.98 Å². The third-order valence-electron chi connectivity index (χ3n) is 4.74. The van der Waals surface area contributed by atoms with Crippen molar-refractivity contribution in [2.24, 2.45) is 5.10 Å². The average molecular weight is 371 g/mol. The minimum Gasteiger partial charge on any atom is -0.497 e. The zero-order valence-corrected chi connectivity index (χ0v) is 16.1. The number of rotatable bonds is 5. The highest BCUT2D eigenvalue weighted by Crippen LogP contribution is 2.28. The zero-order chi connectivity index (χ0) is 19.5. The summed E-state index contributed by atoms with van der Waals surface area (Å²) in [7, 11) is 3.33. The summed E-state index contributed by atoms with van der Waals surface area (Å²) >= 11 is 0. The van der Waals surface area contributed by atoms with E-state index in [4.69, 9.17) is 9.47 Å². The van der Waals surface area contributed by atoms with Gasteiger partial charge in [-0.15, -0.1) is 0 Å². The number of hydrazone groups is 1. The molecule has 0 aliphatic heterocycles. The van der Waals surface area contributed by atoms with Crippen LogP contribution < -0.4 is 14.9 Å². The molecular weight excluding hydrogens is 350 g/mol. The van der Waals surface area contributed by atoms with Crippen LogP contribution >= 0.6 is 0 Å². The molecule has 0 aliphatic carbocycles. The second-order valence-corrected chi connectivity index (χ2v) is 6.48. The summed E-state index contributed by atoms with van der Waals surface area (Å²) in [6.45, 7) is 2.06. The van der Waals surface area contributed by atoms with E-state index in [1.807, 2.05) is 54.6 Å². The minimum absolute atomic E-state index is 0.687. The smallest absolute Gasteiger partial charge is 0.147 e. The Morgan fingerprint density at radius 1 is 0.893 bits per heavy atom. The Hall–Kier alpha value is -3.60. The zero-order valence-electron chi connectivity index (χ0n) is 16.1. The highest BCUT2D eigenvalue weighted by Gasteiger charge is 2.06. The van der Waals surface area contributed by atoms with Gasteiger partial charge in [0.15, 0.2) is 0 Å². The molecule has 4 aromatic rings. The molecule has 4 rings (SSSR count). The van der Waals surface area contributed by atoms with E-state index in [2.05, 4.69) is 28.5 Å². The van der Waals surface area contributed by atoms with Gasteiger partial charge in [-0.2, -0.15) is 5.10 Å². The van der Waals surface area contributed by atoms with E-state index < -0.39 is 0 Å². The van der Waals surface area contributed by atoms with Crippen molar-refractivity contribution in [1.82, 2.24) is 4.98 Å². The molecule has 0 fully saturated rings. The van der Waals surface area contributed by atoms with Crippen molar-refractivity contribution in [3.05, 3.63) is 71.8 Å². The summed E-state index contributed by atoms with van der Waals surface area (Å²) in [5.41, 5.74) is 6.04. The number of fused-ring (bicyclic) bond motifs is 2. The Morgan fingerprint density at radius 2 is 1.71 bits per heavy atom. The van der Waals surface area contributed by atoms with Crippen LogP contribution in [-0.2, 0) is 0 Å². The maximum atomic E-state index is 5.45. The molecule has 0 bridgehead atoms. The second-order valence-electron chi connectivity index (χ2n) is 6.48. The van der Waals surface area contributed by atoms with Gasteiger partial charge in [0.1, 0.15) is 17.3 Å². The molecular formula is C23H21N3O2. The lowest BCUT2D eigenvalue weighted by molar-refractivity contribution is 0.415. The van der Waals surface area contributed by atoms with Crippen molar-refractivity contribution >= 4 is 33.7 Å². The van der Waals surface area contributed by atoms with Crippen LogP contribution in [0.1, 0.15) is 11.1 Å². The van der Waals surface area contributed by atoms with Crippen molar-refractivity contribution in [2.45, 2.75) is 6.92 Å². The first-order valence-electron chi connectivity index (χ1n) is 9.00. The molecule has 0 spiro atoms. The number of benzene rings is 3. The Kier molecular flexibility index (Phi) is 4.81. The van der Waals surface area contributed by atoms with Crippen molar-refractivity contribution < 1.29 is 9.47 Å². The van der Waals surface area contributed by atoms with Gasteiger partial charge in [0.05, 0.1) is 26.0 Å². The lowest BCUT2D eigenvalue weighted by atomic mass is 10.0. The molecule has 0 unspecified atom stereocenters. The quantitative estimate of drug-likeness (QED) is 0.389. The topological polar surface area (TPSA) is 55.7 Å². The Labute approximate surface area is 163 Å². The largest absolute Gasteiger partial charge is 0.497 e. The van der Waals surface area contributed by atoms with E-state index in [0.717, 1.165) is 44.3 Å². The maximum Gasteiger partial charge on any atom is 0.147 e. The molecule has 0 radical (unpaired) electrons. The molecule has 0 saturated carbocycles. The van der Waals surface area contributed by atoms with Gasteiger partial charge in [-0.1, -0.05) is 24.3 Å². The number of nitrogens with zero attached hydrogens (tertiary/aromatic N) is 2. The highest BCUT2D eigenvalue weighted by molar-refractivity contribution is 6.02. The molecule has 0 atom stereocenters. The van der Waals surface area contributed by atoms with Gasteiger partial charge >= 0.3 is 0 Å². The van der Waals surface area contributed by atoms with Crippen LogP contribution in [0.15, 0.2) is 65.8 Å². The second kappa shape index (κ2) is 7.56. The van der Waals surface area contributed by atoms with Crippen molar-refractivity contribution in [3.63, 3.8) is 0 Å². The summed E-state index contributed by atoms with van der Waals surface area (Å²) in [4.78, 5) is 4.64. The summed E-state index contributed by atoms with van der Waals surface area (Å²) < 4.78 is 10.7. The minimum atomic E-state index is 0.687. The first-order chi connectivity index (χ1) is 13.7. The lowest BCUT2D eigenvalue weighted by Crippen LogP contribution is -1.96. The fourth-order valence-corrected chi connectivity index (χ4v) is 3.32. The van der Waals surface area contributed by atoms with Crippen molar-refractivity contribution in [1.29, 1.82) is 0 Å². The van der Waals surface area contributed by atoms with Gasteiger partial charge in [0.25, 0.3) is 0 Å². The van der Waals surface area contributed by atoms with Crippen LogP contribution in [0.2, 0.25) is 0 Å². The molecule has 5 nitrogen and oxygen atoms in total. The van der Waals surface area contributed by atoms with Gasteiger partial charge in [0.2, 0.25) is 0 Å². The van der Waals surface area contributed by atoms with Crippen LogP contribution in [0.4, 0.5) is 5.82 Å². The first-order valence-corrected chi connectivity index (χ1v) is 9.00. The Morgan fingerprint density at radius 3 is 2.50 bits per heavy atom. The number of hydrogen-bond donors (Lipinski definition) is 1. The number of methoxy groups -OCH3 is 2. The molecule has 1 aromatic heterocycles. The Bertz CT molecular complexity index is 1190. The number of ether oxygens (including phenoxy) is 2. The predicted octanol–water partition coefficient (Wildman–Crippen LogP) is 5.16. The number of aryl methyl sites for hydroxylation is 1. The summed E-state index contributed by atoms with van der Waals surface area (Å²) in [5, 5.41) is 7.63. The van der Waals surface area contributed by atoms with E-state index >= 15 is 0 Å². The van der Waals surface area contributed by atoms with Crippen LogP contribution in [0, 0.1) is 6.92 Å². The van der Waals surface area contributed by atoms with Gasteiger partial charge < -0.3 is 9.47 Å². The molecule has 1 heterocycles. The van der Waals surface area contributed by atoms with Crippen molar-refractivity contribution in [3.8, 4) is 11.5 Å². The molecule has 140 valence electrons. The first kappa shape index (κ1) is 17.8. The fourth-order valence-electron chi connectivity index (χ4n) is 3.32. The van der Waals surface area contributed by atoms with Gasteiger partial charge in [0, 0.05) is 22.4 Å². The van der Waals surface area contributed by atoms with Crippen molar-refractivity contribution in [2.75, 3.05) is 19.6 Å². The van der Waals surface area contributed by atoms with E-state index in [1.54, 1.807) is 20.4 Å². The fraction of sp³-hybridized carbons (Fsp3) is 0.130. The number of nitrogens with one attached hydrogen (secondary N) is 1. The average Bonchev–Trinajstić information content (AvgIpc) is 2.73. The number of anilines is 1. The van der Waals surface area contributed by atoms with E-state index in [-0.39, 0.29) is 0 Å². The monoisotopic (exact) mass is 371 g/mol. The van der Waals surface area contributed by atoms with Crippen LogP contribution in [-0.4, -0.2) is 25.4 Å². The Balaban J connectivity index is 1.64. The third kappa shape index (κ3) is 3.34. The summed E-state index contributed by atoms with van der Waals surface area (Å²) in [6, 6.07) is 19.9. The van der Waals surface area contributed by atoms with E-state index in [1.165, 1.54) is 0 Å². The van der Waals surface area contributed by atoms with Crippen LogP contribution in [0.3, 0.4) is 0 Å². The predicted molar refractivity (Wildman–Crippen MR) is 115 cm³/mol. The standard InChI is InChI=1S/C23H21N3O2/c1-15-12-23(25-21-13-17(27-2)9-10-18(15)21)26-24-14-16-8-11-22(28-3)20-7-5-4-6-19(16)20/h4-14H,1-3H3,(H,25,26)/b24-14+. The molecule has 1 N–H and O–H groups in total. The van der Waals surface area contributed by atoms with Crippen LogP contribution in [0.25, 0.3) is 21.7 Å². The molecule has 28 heavy (non-hydrogen) atoms. The SMILES string of the molecule is COc1ccc2c(C)cc(N/N=C/c3ccc(OC)c4ccccc34)nc2c1. The highest BCUT2D eigenvalue weighted by atomic mass is 16.5. The van der Waals surface area contributed by atoms with Crippen LogP contribution in [0.5, 0.6) is 11.5 Å². The molecule has 0 saturated heterocycles. The molecule has 5 heteroatoms. The lowest BCUT2D eigenvalue weighted by Gasteiger charge is -2.09. The third-order valence-corrected chi connectivity index (χ3v) is 4.74. The van der Waals surface area contributed by atoms with E-state index in [9.17, 15) is 0 Å². The summed E-state index contributed by atoms with van der Waals surface area (Å²) in [5.74, 6) is 2.32. The number of pyridine rings is 1. The van der Waals surface area contributed by atoms with Gasteiger partial charge in [-0.05, 0) is 48.2 Å². The normalized spacial score (nSPS) is 11.2. The number of aromatic nitrogens is 1. The molecule has 0 aliphatic rings. The number of hydrogen-bond acceptors (Lipinski definition) is 5. The van der Waals surface area contributed by atoms with E-state index in [0.29, 0.717) is 5.82 Å². The van der Waals surface area contributed by atoms with Gasteiger partial charge in [-0.3, -0.25) is 5.43 Å². The molecule has 0 amide bonds.